The zero-order chi connectivity index (χ0) is 24.4. The van der Waals surface area contributed by atoms with E-state index in [0.717, 1.165) is 16.9 Å². The molecule has 3 aromatic heterocycles. The van der Waals surface area contributed by atoms with Gasteiger partial charge in [0.25, 0.3) is 0 Å². The van der Waals surface area contributed by atoms with E-state index in [9.17, 15) is 15.2 Å². The molecule has 9 nitrogen and oxygen atoms in total. The summed E-state index contributed by atoms with van der Waals surface area (Å²) in [6.07, 6.45) is 3.94. The second-order valence-electron chi connectivity index (χ2n) is 8.58. The lowest BCUT2D eigenvalue weighted by molar-refractivity contribution is -0.127. The van der Waals surface area contributed by atoms with Crippen molar-refractivity contribution in [2.24, 2.45) is 0 Å². The average molecular weight is 461 g/mol. The number of ether oxygens (including phenoxy) is 1. The molecule has 0 saturated carbocycles. The standard InChI is InChI=1S/C25H28N6O3/c1-16(2)25(33)30-9-7-29(8-10-30)23-6-5-19(13-27-23)22-11-21(34-18(4)17(3)32)15-31-24(22)20(12-26)14-28-31/h5-6,11,13-15,17-18,32H,1,7-10H2,2-4H3/t17-,18-/m0/s1. The van der Waals surface area contributed by atoms with E-state index in [0.29, 0.717) is 48.6 Å². The first-order chi connectivity index (χ1) is 16.3. The monoisotopic (exact) mass is 460 g/mol. The SMILES string of the molecule is C=C(C)C(=O)N1CCN(c2ccc(-c3cc(O[C@@H](C)[C@H](C)O)cn4ncc(C#N)c34)cn2)CC1. The Hall–Kier alpha value is -3.90. The van der Waals surface area contributed by atoms with Crippen LogP contribution in [0.3, 0.4) is 0 Å². The van der Waals surface area contributed by atoms with Crippen LogP contribution in [0.25, 0.3) is 16.6 Å². The van der Waals surface area contributed by atoms with Gasteiger partial charge in [0.15, 0.2) is 0 Å². The molecule has 4 heterocycles. The Kier molecular flexibility index (Phi) is 6.52. The third-order valence-electron chi connectivity index (χ3n) is 6.02. The highest BCUT2D eigenvalue weighted by molar-refractivity contribution is 5.92. The quantitative estimate of drug-likeness (QED) is 0.564. The fourth-order valence-corrected chi connectivity index (χ4v) is 3.92. The number of aromatic nitrogens is 3. The van der Waals surface area contributed by atoms with E-state index < -0.39 is 12.2 Å². The van der Waals surface area contributed by atoms with Crippen molar-refractivity contribution < 1.29 is 14.6 Å². The Labute approximate surface area is 198 Å². The minimum atomic E-state index is -0.640. The van der Waals surface area contributed by atoms with E-state index in [2.05, 4.69) is 27.6 Å². The predicted octanol–water partition coefficient (Wildman–Crippen LogP) is 2.64. The Bertz CT molecular complexity index is 1250. The number of carbonyl (C=O) groups is 1. The number of aliphatic hydroxyl groups excluding tert-OH is 1. The molecule has 0 aliphatic carbocycles. The van der Waals surface area contributed by atoms with Gasteiger partial charge in [0.2, 0.25) is 5.91 Å². The van der Waals surface area contributed by atoms with Crippen LogP contribution in [-0.4, -0.2) is 68.9 Å². The largest absolute Gasteiger partial charge is 0.486 e. The van der Waals surface area contributed by atoms with Gasteiger partial charge >= 0.3 is 0 Å². The summed E-state index contributed by atoms with van der Waals surface area (Å²) in [7, 11) is 0. The fourth-order valence-electron chi connectivity index (χ4n) is 3.92. The van der Waals surface area contributed by atoms with Gasteiger partial charge in [-0.15, -0.1) is 0 Å². The van der Waals surface area contributed by atoms with E-state index in [1.54, 1.807) is 37.7 Å². The molecule has 0 spiro atoms. The number of aliphatic hydroxyl groups is 1. The Morgan fingerprint density at radius 2 is 1.97 bits per heavy atom. The molecule has 2 atom stereocenters. The van der Waals surface area contributed by atoms with Gasteiger partial charge in [-0.1, -0.05) is 6.58 Å². The van der Waals surface area contributed by atoms with Crippen LogP contribution in [-0.2, 0) is 4.79 Å². The summed E-state index contributed by atoms with van der Waals surface area (Å²) in [6, 6.07) is 7.93. The third kappa shape index (κ3) is 4.58. The van der Waals surface area contributed by atoms with Gasteiger partial charge in [-0.2, -0.15) is 10.4 Å². The summed E-state index contributed by atoms with van der Waals surface area (Å²) in [5, 5.41) is 23.7. The van der Waals surface area contributed by atoms with Crippen LogP contribution in [0.1, 0.15) is 26.3 Å². The summed E-state index contributed by atoms with van der Waals surface area (Å²) in [6.45, 7) is 11.6. The number of anilines is 1. The molecule has 3 aromatic rings. The summed E-state index contributed by atoms with van der Waals surface area (Å²) < 4.78 is 7.51. The average Bonchev–Trinajstić information content (AvgIpc) is 3.26. The molecule has 1 aliphatic heterocycles. The number of hydrogen-bond acceptors (Lipinski definition) is 7. The lowest BCUT2D eigenvalue weighted by Crippen LogP contribution is -2.49. The first kappa shape index (κ1) is 23.3. The van der Waals surface area contributed by atoms with Crippen molar-refractivity contribution in [3.8, 4) is 22.9 Å². The molecule has 0 radical (unpaired) electrons. The minimum Gasteiger partial charge on any atom is -0.486 e. The van der Waals surface area contributed by atoms with Gasteiger partial charge in [0.1, 0.15) is 23.7 Å². The molecule has 1 saturated heterocycles. The Morgan fingerprint density at radius 1 is 1.24 bits per heavy atom. The molecule has 4 rings (SSSR count). The van der Waals surface area contributed by atoms with Gasteiger partial charge in [-0.25, -0.2) is 9.50 Å². The molecule has 1 N–H and O–H groups in total. The second kappa shape index (κ2) is 9.53. The number of fused-ring (bicyclic) bond motifs is 1. The van der Waals surface area contributed by atoms with Crippen molar-refractivity contribution in [3.63, 3.8) is 0 Å². The highest BCUT2D eigenvalue weighted by atomic mass is 16.5. The molecule has 1 aliphatic rings. The number of piperazine rings is 1. The number of carbonyl (C=O) groups excluding carboxylic acids is 1. The fraction of sp³-hybridized carbons (Fsp3) is 0.360. The number of nitrogens with zero attached hydrogens (tertiary/aromatic N) is 6. The number of nitriles is 1. The van der Waals surface area contributed by atoms with Crippen molar-refractivity contribution in [2.45, 2.75) is 33.0 Å². The summed E-state index contributed by atoms with van der Waals surface area (Å²) in [4.78, 5) is 20.8. The maximum Gasteiger partial charge on any atom is 0.249 e. The first-order valence-electron chi connectivity index (χ1n) is 11.2. The van der Waals surface area contributed by atoms with Crippen LogP contribution in [0.5, 0.6) is 5.75 Å². The lowest BCUT2D eigenvalue weighted by atomic mass is 10.1. The normalized spacial score (nSPS) is 15.6. The first-order valence-corrected chi connectivity index (χ1v) is 11.2. The molecular weight excluding hydrogens is 432 g/mol. The van der Waals surface area contributed by atoms with Crippen molar-refractivity contribution >= 4 is 17.2 Å². The zero-order valence-corrected chi connectivity index (χ0v) is 19.6. The zero-order valence-electron chi connectivity index (χ0n) is 19.6. The molecule has 9 heteroatoms. The van der Waals surface area contributed by atoms with Gasteiger partial charge < -0.3 is 19.6 Å². The Balaban J connectivity index is 1.61. The number of amides is 1. The smallest absolute Gasteiger partial charge is 0.249 e. The van der Waals surface area contributed by atoms with Crippen LogP contribution in [0, 0.1) is 11.3 Å². The molecule has 0 unspecified atom stereocenters. The molecule has 34 heavy (non-hydrogen) atoms. The summed E-state index contributed by atoms with van der Waals surface area (Å²) >= 11 is 0. The predicted molar refractivity (Wildman–Crippen MR) is 129 cm³/mol. The number of hydrogen-bond donors (Lipinski definition) is 1. The minimum absolute atomic E-state index is 0.00640. The summed E-state index contributed by atoms with van der Waals surface area (Å²) in [5.74, 6) is 1.35. The van der Waals surface area contributed by atoms with E-state index in [-0.39, 0.29) is 5.91 Å². The topological polar surface area (TPSA) is 107 Å². The van der Waals surface area contributed by atoms with Crippen LogP contribution in [0.4, 0.5) is 5.82 Å². The van der Waals surface area contributed by atoms with Crippen molar-refractivity contribution in [2.75, 3.05) is 31.1 Å². The van der Waals surface area contributed by atoms with Crippen molar-refractivity contribution in [3.05, 3.63) is 54.5 Å². The maximum absolute atomic E-state index is 12.1. The van der Waals surface area contributed by atoms with E-state index in [4.69, 9.17) is 4.74 Å². The van der Waals surface area contributed by atoms with E-state index in [1.165, 1.54) is 6.20 Å². The summed E-state index contributed by atoms with van der Waals surface area (Å²) in [5.41, 5.74) is 3.25. The third-order valence-corrected chi connectivity index (χ3v) is 6.02. The number of pyridine rings is 2. The lowest BCUT2D eigenvalue weighted by Gasteiger charge is -2.35. The molecular formula is C25H28N6O3. The second-order valence-corrected chi connectivity index (χ2v) is 8.58. The highest BCUT2D eigenvalue weighted by Gasteiger charge is 2.22. The van der Waals surface area contributed by atoms with Crippen LogP contribution in [0.15, 0.2) is 48.9 Å². The Morgan fingerprint density at radius 3 is 2.56 bits per heavy atom. The van der Waals surface area contributed by atoms with E-state index in [1.807, 2.05) is 23.1 Å². The van der Waals surface area contributed by atoms with Gasteiger partial charge in [0.05, 0.1) is 29.6 Å². The number of rotatable bonds is 6. The van der Waals surface area contributed by atoms with Gasteiger partial charge in [-0.3, -0.25) is 4.79 Å². The molecule has 1 amide bonds. The van der Waals surface area contributed by atoms with Gasteiger partial charge in [0, 0.05) is 49.1 Å². The molecule has 0 aromatic carbocycles. The van der Waals surface area contributed by atoms with Crippen molar-refractivity contribution in [1.82, 2.24) is 19.5 Å². The van der Waals surface area contributed by atoms with Crippen LogP contribution < -0.4 is 9.64 Å². The van der Waals surface area contributed by atoms with Crippen molar-refractivity contribution in [1.29, 1.82) is 5.26 Å². The molecule has 176 valence electrons. The maximum atomic E-state index is 12.1. The van der Waals surface area contributed by atoms with Crippen LogP contribution >= 0.6 is 0 Å². The molecule has 0 bridgehead atoms. The highest BCUT2D eigenvalue weighted by Crippen LogP contribution is 2.32. The van der Waals surface area contributed by atoms with Gasteiger partial charge in [-0.05, 0) is 39.0 Å². The van der Waals surface area contributed by atoms with E-state index >= 15 is 0 Å². The molecule has 1 fully saturated rings. The van der Waals surface area contributed by atoms with Crippen LogP contribution in [0.2, 0.25) is 0 Å².